The number of nitrogens with one attached hydrogen (secondary N) is 1. The molecule has 0 atom stereocenters. The number of benzene rings is 2. The monoisotopic (exact) mass is 402 g/mol. The van der Waals surface area contributed by atoms with Crippen molar-refractivity contribution in [1.82, 2.24) is 25.2 Å². The van der Waals surface area contributed by atoms with E-state index in [1.165, 1.54) is 17.5 Å². The molecule has 1 aliphatic rings. The molecule has 2 aromatic carbocycles. The number of pyridine rings is 1. The number of methoxy groups -OCH3 is 1. The third-order valence-electron chi connectivity index (χ3n) is 5.58. The van der Waals surface area contributed by atoms with E-state index in [1.54, 1.807) is 7.11 Å². The van der Waals surface area contributed by atoms with Crippen LogP contribution >= 0.6 is 0 Å². The highest BCUT2D eigenvalue weighted by molar-refractivity contribution is 6.06. The summed E-state index contributed by atoms with van der Waals surface area (Å²) in [4.78, 5) is 19.8. The van der Waals surface area contributed by atoms with Crippen molar-refractivity contribution < 1.29 is 4.74 Å². The number of ether oxygens (including phenoxy) is 1. The second-order valence-corrected chi connectivity index (χ2v) is 7.39. The third-order valence-corrected chi connectivity index (χ3v) is 5.58. The van der Waals surface area contributed by atoms with E-state index in [0.717, 1.165) is 53.6 Å². The van der Waals surface area contributed by atoms with E-state index in [0.29, 0.717) is 11.4 Å². The molecule has 5 rings (SSSR count). The quantitative estimate of drug-likeness (QED) is 0.564. The average molecular weight is 402 g/mol. The van der Waals surface area contributed by atoms with Crippen LogP contribution in [0.3, 0.4) is 0 Å². The molecule has 1 N–H and O–H groups in total. The first-order valence-corrected chi connectivity index (χ1v) is 10.1. The highest BCUT2D eigenvalue weighted by Gasteiger charge is 2.25. The highest BCUT2D eigenvalue weighted by atomic mass is 16.5. The van der Waals surface area contributed by atoms with Crippen LogP contribution in [0, 0.1) is 0 Å². The Hall–Kier alpha value is -3.68. The molecule has 8 heteroatoms. The van der Waals surface area contributed by atoms with Crippen LogP contribution in [-0.2, 0) is 0 Å². The molecule has 0 unspecified atom stereocenters. The Balaban J connectivity index is 1.92. The summed E-state index contributed by atoms with van der Waals surface area (Å²) in [5.41, 5.74) is 3.74. The van der Waals surface area contributed by atoms with Gasteiger partial charge in [-0.05, 0) is 41.7 Å². The van der Waals surface area contributed by atoms with Gasteiger partial charge < -0.3 is 14.6 Å². The van der Waals surface area contributed by atoms with Gasteiger partial charge in [0.1, 0.15) is 5.75 Å². The summed E-state index contributed by atoms with van der Waals surface area (Å²) in [6.07, 6.45) is 4.69. The minimum Gasteiger partial charge on any atom is -0.497 e. The lowest BCUT2D eigenvalue weighted by Crippen LogP contribution is -2.33. The Morgan fingerprint density at radius 1 is 1.03 bits per heavy atom. The second-order valence-electron chi connectivity index (χ2n) is 7.39. The molecule has 0 saturated carbocycles. The maximum atomic E-state index is 13.2. The second kappa shape index (κ2) is 7.62. The fourth-order valence-electron chi connectivity index (χ4n) is 4.22. The Kier molecular flexibility index (Phi) is 4.66. The zero-order valence-corrected chi connectivity index (χ0v) is 16.7. The van der Waals surface area contributed by atoms with Crippen LogP contribution in [-0.4, -0.2) is 45.4 Å². The number of nitrogens with zero attached hydrogens (tertiary/aromatic N) is 5. The van der Waals surface area contributed by atoms with Gasteiger partial charge in [-0.15, -0.1) is 15.0 Å². The van der Waals surface area contributed by atoms with E-state index in [9.17, 15) is 4.79 Å². The van der Waals surface area contributed by atoms with Gasteiger partial charge in [-0.3, -0.25) is 4.79 Å². The van der Waals surface area contributed by atoms with Crippen LogP contribution < -0.4 is 15.2 Å². The molecule has 0 amide bonds. The number of rotatable bonds is 4. The molecule has 4 aromatic rings. The highest BCUT2D eigenvalue weighted by Crippen LogP contribution is 2.40. The molecular formula is C22H22N6O2. The lowest BCUT2D eigenvalue weighted by Gasteiger charge is -2.31. The van der Waals surface area contributed by atoms with Gasteiger partial charge in [0.05, 0.1) is 18.3 Å². The van der Waals surface area contributed by atoms with E-state index in [-0.39, 0.29) is 5.56 Å². The van der Waals surface area contributed by atoms with E-state index < -0.39 is 0 Å². The Morgan fingerprint density at radius 2 is 1.83 bits per heavy atom. The van der Waals surface area contributed by atoms with Crippen molar-refractivity contribution in [2.75, 3.05) is 25.1 Å². The van der Waals surface area contributed by atoms with Gasteiger partial charge in [-0.2, -0.15) is 0 Å². The number of piperidine rings is 1. The van der Waals surface area contributed by atoms with Gasteiger partial charge in [-0.25, -0.2) is 0 Å². The molecule has 3 heterocycles. The molecule has 0 bridgehead atoms. The van der Waals surface area contributed by atoms with E-state index in [2.05, 4.69) is 37.4 Å². The summed E-state index contributed by atoms with van der Waals surface area (Å²) in [6, 6.07) is 14.0. The minimum atomic E-state index is -0.256. The smallest absolute Gasteiger partial charge is 0.278 e. The van der Waals surface area contributed by atoms with Crippen molar-refractivity contribution in [3.05, 3.63) is 59.1 Å². The first kappa shape index (κ1) is 18.4. The van der Waals surface area contributed by atoms with Crippen LogP contribution in [0.5, 0.6) is 5.75 Å². The number of anilines is 1. The number of fused-ring (bicyclic) bond motifs is 1. The van der Waals surface area contributed by atoms with Crippen LogP contribution in [0.1, 0.15) is 19.3 Å². The first-order valence-electron chi connectivity index (χ1n) is 10.1. The maximum absolute atomic E-state index is 13.2. The average Bonchev–Trinajstić information content (AvgIpc) is 3.33. The lowest BCUT2D eigenvalue weighted by molar-refractivity contribution is 0.415. The van der Waals surface area contributed by atoms with Crippen molar-refractivity contribution in [3.63, 3.8) is 0 Å². The summed E-state index contributed by atoms with van der Waals surface area (Å²) in [6.45, 7) is 1.75. The number of aromatic amines is 1. The van der Waals surface area contributed by atoms with E-state index >= 15 is 0 Å². The predicted octanol–water partition coefficient (Wildman–Crippen LogP) is 3.17. The summed E-state index contributed by atoms with van der Waals surface area (Å²) < 4.78 is 5.54. The van der Waals surface area contributed by atoms with Gasteiger partial charge in [0.25, 0.3) is 5.56 Å². The molecule has 0 radical (unpaired) electrons. The summed E-state index contributed by atoms with van der Waals surface area (Å²) in [5, 5.41) is 13.0. The van der Waals surface area contributed by atoms with E-state index in [1.807, 2.05) is 30.3 Å². The van der Waals surface area contributed by atoms with Crippen LogP contribution in [0.4, 0.5) is 5.69 Å². The summed E-state index contributed by atoms with van der Waals surface area (Å²) in [5.74, 6) is 0.688. The number of hydrogen-bond acceptors (Lipinski definition) is 6. The van der Waals surface area contributed by atoms with Crippen molar-refractivity contribution in [2.24, 2.45) is 0 Å². The van der Waals surface area contributed by atoms with Crippen LogP contribution in [0.15, 0.2) is 53.6 Å². The van der Waals surface area contributed by atoms with Gasteiger partial charge in [0.2, 0.25) is 0 Å². The molecule has 1 saturated heterocycles. The zero-order valence-electron chi connectivity index (χ0n) is 16.7. The molecule has 1 fully saturated rings. The molecule has 0 spiro atoms. The fourth-order valence-corrected chi connectivity index (χ4v) is 4.22. The van der Waals surface area contributed by atoms with Crippen molar-refractivity contribution >= 4 is 16.6 Å². The number of tetrazole rings is 1. The lowest BCUT2D eigenvalue weighted by atomic mass is 9.97. The zero-order chi connectivity index (χ0) is 20.5. The summed E-state index contributed by atoms with van der Waals surface area (Å²) >= 11 is 0. The van der Waals surface area contributed by atoms with Gasteiger partial charge in [0, 0.05) is 24.5 Å². The molecule has 2 aromatic heterocycles. The maximum Gasteiger partial charge on any atom is 0.278 e. The number of H-pyrrole nitrogens is 1. The van der Waals surface area contributed by atoms with Crippen molar-refractivity contribution in [3.8, 4) is 22.6 Å². The molecule has 1 aliphatic heterocycles. The Bertz CT molecular complexity index is 1230. The largest absolute Gasteiger partial charge is 0.497 e. The summed E-state index contributed by atoms with van der Waals surface area (Å²) in [7, 11) is 1.63. The van der Waals surface area contributed by atoms with Crippen molar-refractivity contribution in [2.45, 2.75) is 19.3 Å². The topological polar surface area (TPSA) is 88.9 Å². The van der Waals surface area contributed by atoms with Gasteiger partial charge in [0.15, 0.2) is 12.0 Å². The van der Waals surface area contributed by atoms with E-state index in [4.69, 9.17) is 4.74 Å². The third kappa shape index (κ3) is 3.10. The molecular weight excluding hydrogens is 380 g/mol. The predicted molar refractivity (Wildman–Crippen MR) is 115 cm³/mol. The molecule has 8 nitrogen and oxygen atoms in total. The normalized spacial score (nSPS) is 14.2. The number of hydrogen-bond donors (Lipinski definition) is 1. The SMILES string of the molecule is COc1cc(-c2ccccc2)c2c(N3CCCCC3)c(-n3ncnn3)c(=O)[nH]c2c1. The molecule has 152 valence electrons. The minimum absolute atomic E-state index is 0.256. The van der Waals surface area contributed by atoms with Crippen LogP contribution in [0.25, 0.3) is 27.7 Å². The standard InChI is InChI=1S/C22H22N6O2/c1-30-16-12-17(15-8-4-2-5-9-15)19-18(13-16)25-22(29)21(28-24-14-23-26-28)20(19)27-10-6-3-7-11-27/h2,4-5,8-9,12-14H,3,6-7,10-11H2,1H3,(H,25,29). The first-order chi connectivity index (χ1) is 14.8. The number of aromatic nitrogens is 5. The van der Waals surface area contributed by atoms with Gasteiger partial charge in [-0.1, -0.05) is 30.3 Å². The van der Waals surface area contributed by atoms with Crippen LogP contribution in [0.2, 0.25) is 0 Å². The fraction of sp³-hybridized carbons (Fsp3) is 0.273. The van der Waals surface area contributed by atoms with Crippen molar-refractivity contribution in [1.29, 1.82) is 0 Å². The Labute approximate surface area is 173 Å². The van der Waals surface area contributed by atoms with Gasteiger partial charge >= 0.3 is 0 Å². The Morgan fingerprint density at radius 3 is 2.53 bits per heavy atom. The molecule has 30 heavy (non-hydrogen) atoms. The molecule has 0 aliphatic carbocycles.